The SMILES string of the molecule is Cc1cc(Cl)ccc1OCC(=O)N(Cc1ccccc1F)CC1CCCO1. The minimum Gasteiger partial charge on any atom is -0.483 e. The van der Waals surface area contributed by atoms with Gasteiger partial charge < -0.3 is 14.4 Å². The molecule has 1 aliphatic heterocycles. The zero-order chi connectivity index (χ0) is 19.2. The van der Waals surface area contributed by atoms with Crippen LogP contribution in [-0.4, -0.2) is 36.7 Å². The van der Waals surface area contributed by atoms with Crippen molar-refractivity contribution in [1.82, 2.24) is 4.90 Å². The summed E-state index contributed by atoms with van der Waals surface area (Å²) in [6.07, 6.45) is 1.86. The van der Waals surface area contributed by atoms with Gasteiger partial charge in [-0.2, -0.15) is 0 Å². The summed E-state index contributed by atoms with van der Waals surface area (Å²) < 4.78 is 25.4. The van der Waals surface area contributed by atoms with Gasteiger partial charge in [-0.25, -0.2) is 4.39 Å². The Hall–Kier alpha value is -2.11. The molecule has 3 rings (SSSR count). The van der Waals surface area contributed by atoms with Crippen molar-refractivity contribution >= 4 is 17.5 Å². The average Bonchev–Trinajstić information content (AvgIpc) is 3.15. The summed E-state index contributed by atoms with van der Waals surface area (Å²) >= 11 is 5.95. The van der Waals surface area contributed by atoms with Crippen molar-refractivity contribution in [3.63, 3.8) is 0 Å². The number of benzene rings is 2. The van der Waals surface area contributed by atoms with Gasteiger partial charge in [0.15, 0.2) is 6.61 Å². The van der Waals surface area contributed by atoms with Crippen molar-refractivity contribution in [1.29, 1.82) is 0 Å². The monoisotopic (exact) mass is 391 g/mol. The molecule has 1 unspecified atom stereocenters. The van der Waals surface area contributed by atoms with Crippen LogP contribution < -0.4 is 4.74 Å². The standard InChI is InChI=1S/C21H23ClFNO3/c1-15-11-17(22)8-9-20(15)27-14-21(25)24(13-18-6-4-10-26-18)12-16-5-2-3-7-19(16)23/h2-3,5,7-9,11,18H,4,6,10,12-14H2,1H3. The van der Waals surface area contributed by atoms with Gasteiger partial charge in [0.25, 0.3) is 5.91 Å². The number of rotatable bonds is 7. The number of amides is 1. The molecule has 0 saturated carbocycles. The summed E-state index contributed by atoms with van der Waals surface area (Å²) in [4.78, 5) is 14.4. The minimum absolute atomic E-state index is 0.0157. The van der Waals surface area contributed by atoms with Gasteiger partial charge in [-0.15, -0.1) is 0 Å². The molecule has 1 fully saturated rings. The summed E-state index contributed by atoms with van der Waals surface area (Å²) in [5.41, 5.74) is 1.33. The molecule has 2 aromatic rings. The lowest BCUT2D eigenvalue weighted by Gasteiger charge is -2.26. The first-order chi connectivity index (χ1) is 13.0. The summed E-state index contributed by atoms with van der Waals surface area (Å²) in [6.45, 7) is 3.07. The molecule has 27 heavy (non-hydrogen) atoms. The van der Waals surface area contributed by atoms with Crippen LogP contribution in [0.1, 0.15) is 24.0 Å². The van der Waals surface area contributed by atoms with Crippen LogP contribution in [0.4, 0.5) is 4.39 Å². The van der Waals surface area contributed by atoms with Crippen molar-refractivity contribution < 1.29 is 18.7 Å². The molecule has 6 heteroatoms. The molecule has 1 atom stereocenters. The summed E-state index contributed by atoms with van der Waals surface area (Å²) in [6, 6.07) is 11.7. The Balaban J connectivity index is 1.68. The van der Waals surface area contributed by atoms with Crippen molar-refractivity contribution in [2.45, 2.75) is 32.4 Å². The van der Waals surface area contributed by atoms with E-state index in [0.717, 1.165) is 18.4 Å². The molecular weight excluding hydrogens is 369 g/mol. The van der Waals surface area contributed by atoms with Gasteiger partial charge in [-0.3, -0.25) is 4.79 Å². The van der Waals surface area contributed by atoms with Gasteiger partial charge in [-0.1, -0.05) is 29.8 Å². The van der Waals surface area contributed by atoms with Gasteiger partial charge in [0, 0.05) is 30.3 Å². The molecule has 0 N–H and O–H groups in total. The number of ether oxygens (including phenoxy) is 2. The van der Waals surface area contributed by atoms with Crippen molar-refractivity contribution in [2.75, 3.05) is 19.8 Å². The zero-order valence-corrected chi connectivity index (χ0v) is 16.0. The van der Waals surface area contributed by atoms with Crippen LogP contribution in [0.5, 0.6) is 5.75 Å². The van der Waals surface area contributed by atoms with Crippen molar-refractivity contribution in [3.8, 4) is 5.75 Å². The summed E-state index contributed by atoms with van der Waals surface area (Å²) in [7, 11) is 0. The van der Waals surface area contributed by atoms with Crippen LogP contribution in [0, 0.1) is 12.7 Å². The van der Waals surface area contributed by atoms with E-state index in [1.54, 1.807) is 41.3 Å². The number of hydrogen-bond acceptors (Lipinski definition) is 3. The van der Waals surface area contributed by atoms with Gasteiger partial charge in [-0.05, 0) is 49.6 Å². The van der Waals surface area contributed by atoms with Crippen LogP contribution >= 0.6 is 11.6 Å². The van der Waals surface area contributed by atoms with Crippen molar-refractivity contribution in [2.24, 2.45) is 0 Å². The molecule has 0 aromatic heterocycles. The first-order valence-corrected chi connectivity index (χ1v) is 9.42. The first kappa shape index (κ1) is 19.6. The fourth-order valence-electron chi connectivity index (χ4n) is 3.13. The molecule has 1 saturated heterocycles. The third kappa shape index (κ3) is 5.44. The zero-order valence-electron chi connectivity index (χ0n) is 15.3. The van der Waals surface area contributed by atoms with E-state index in [1.165, 1.54) is 6.07 Å². The Morgan fingerprint density at radius 1 is 1.33 bits per heavy atom. The second kappa shape index (κ2) is 9.20. The Bertz CT molecular complexity index is 793. The highest BCUT2D eigenvalue weighted by atomic mass is 35.5. The van der Waals surface area contributed by atoms with Gasteiger partial charge in [0.2, 0.25) is 0 Å². The molecule has 0 bridgehead atoms. The predicted molar refractivity (Wildman–Crippen MR) is 102 cm³/mol. The lowest BCUT2D eigenvalue weighted by atomic mass is 10.1. The second-order valence-electron chi connectivity index (χ2n) is 6.70. The average molecular weight is 392 g/mol. The maximum absolute atomic E-state index is 14.1. The molecule has 0 radical (unpaired) electrons. The molecule has 0 aliphatic carbocycles. The molecule has 1 aliphatic rings. The molecule has 144 valence electrons. The van der Waals surface area contributed by atoms with Crippen LogP contribution in [0.3, 0.4) is 0 Å². The van der Waals surface area contributed by atoms with Crippen LogP contribution in [0.2, 0.25) is 5.02 Å². The molecular formula is C21H23ClFNO3. The molecule has 0 spiro atoms. The quantitative estimate of drug-likeness (QED) is 0.703. The van der Waals surface area contributed by atoms with Crippen LogP contribution in [0.15, 0.2) is 42.5 Å². The maximum atomic E-state index is 14.1. The van der Waals surface area contributed by atoms with E-state index in [9.17, 15) is 9.18 Å². The smallest absolute Gasteiger partial charge is 0.260 e. The largest absolute Gasteiger partial charge is 0.483 e. The lowest BCUT2D eigenvalue weighted by molar-refractivity contribution is -0.135. The third-order valence-electron chi connectivity index (χ3n) is 4.61. The number of carbonyl (C=O) groups is 1. The highest BCUT2D eigenvalue weighted by molar-refractivity contribution is 6.30. The van der Waals surface area contributed by atoms with Gasteiger partial charge >= 0.3 is 0 Å². The fraction of sp³-hybridized carbons (Fsp3) is 0.381. The van der Waals surface area contributed by atoms with E-state index in [2.05, 4.69) is 0 Å². The van der Waals surface area contributed by atoms with E-state index >= 15 is 0 Å². The minimum atomic E-state index is -0.322. The predicted octanol–water partition coefficient (Wildman–Crippen LogP) is 4.37. The van der Waals surface area contributed by atoms with E-state index in [1.807, 2.05) is 6.92 Å². The second-order valence-corrected chi connectivity index (χ2v) is 7.14. The Morgan fingerprint density at radius 2 is 2.15 bits per heavy atom. The highest BCUT2D eigenvalue weighted by Gasteiger charge is 2.24. The number of hydrogen-bond donors (Lipinski definition) is 0. The van der Waals surface area contributed by atoms with E-state index in [-0.39, 0.29) is 31.0 Å². The highest BCUT2D eigenvalue weighted by Crippen LogP contribution is 2.22. The van der Waals surface area contributed by atoms with Gasteiger partial charge in [0.05, 0.1) is 6.10 Å². The third-order valence-corrected chi connectivity index (χ3v) is 4.84. The molecule has 4 nitrogen and oxygen atoms in total. The van der Waals surface area contributed by atoms with E-state index in [4.69, 9.17) is 21.1 Å². The number of aryl methyl sites for hydroxylation is 1. The fourth-order valence-corrected chi connectivity index (χ4v) is 3.35. The topological polar surface area (TPSA) is 38.8 Å². The maximum Gasteiger partial charge on any atom is 0.260 e. The summed E-state index contributed by atoms with van der Waals surface area (Å²) in [5, 5.41) is 0.616. The molecule has 1 heterocycles. The number of carbonyl (C=O) groups excluding carboxylic acids is 1. The normalized spacial score (nSPS) is 16.3. The van der Waals surface area contributed by atoms with Crippen molar-refractivity contribution in [3.05, 3.63) is 64.4 Å². The Morgan fingerprint density at radius 3 is 2.85 bits per heavy atom. The Labute approximate surface area is 163 Å². The Kier molecular flexibility index (Phi) is 6.69. The van der Waals surface area contributed by atoms with Gasteiger partial charge in [0.1, 0.15) is 11.6 Å². The number of nitrogens with zero attached hydrogens (tertiary/aromatic N) is 1. The molecule has 2 aromatic carbocycles. The number of halogens is 2. The first-order valence-electron chi connectivity index (χ1n) is 9.04. The van der Waals surface area contributed by atoms with Crippen LogP contribution in [0.25, 0.3) is 0 Å². The summed E-state index contributed by atoms with van der Waals surface area (Å²) in [5.74, 6) is 0.0796. The van der Waals surface area contributed by atoms with E-state index < -0.39 is 0 Å². The van der Waals surface area contributed by atoms with E-state index in [0.29, 0.717) is 29.5 Å². The lowest BCUT2D eigenvalue weighted by Crippen LogP contribution is -2.39. The molecule has 1 amide bonds. The van der Waals surface area contributed by atoms with Crippen LogP contribution in [-0.2, 0) is 16.1 Å².